The third-order valence-electron chi connectivity index (χ3n) is 8.54. The van der Waals surface area contributed by atoms with Crippen molar-refractivity contribution in [1.29, 1.82) is 0 Å². The molecule has 1 aromatic heterocycles. The van der Waals surface area contributed by atoms with E-state index in [9.17, 15) is 14.3 Å². The van der Waals surface area contributed by atoms with Gasteiger partial charge in [0, 0.05) is 44.3 Å². The van der Waals surface area contributed by atoms with Gasteiger partial charge in [0.25, 0.3) is 0 Å². The average Bonchev–Trinajstić information content (AvgIpc) is 3.22. The van der Waals surface area contributed by atoms with Gasteiger partial charge in [-0.1, -0.05) is 24.6 Å². The molecule has 0 unspecified atom stereocenters. The van der Waals surface area contributed by atoms with Crippen LogP contribution >= 0.6 is 11.6 Å². The van der Waals surface area contributed by atoms with Crippen LogP contribution in [0.4, 0.5) is 10.2 Å². The minimum Gasteiger partial charge on any atom is -0.387 e. The Kier molecular flexibility index (Phi) is 8.19. The molecule has 2 aliphatic heterocycles. The number of aliphatic hydroxyl groups is 1. The molecule has 2 fully saturated rings. The van der Waals surface area contributed by atoms with Crippen molar-refractivity contribution in [2.75, 3.05) is 64.8 Å². The van der Waals surface area contributed by atoms with Crippen molar-refractivity contribution < 1.29 is 14.3 Å². The highest BCUT2D eigenvalue weighted by Crippen LogP contribution is 2.42. The van der Waals surface area contributed by atoms with Gasteiger partial charge in [0.15, 0.2) is 0 Å². The van der Waals surface area contributed by atoms with Gasteiger partial charge in [-0.15, -0.1) is 0 Å². The average molecular weight is 545 g/mol. The SMILES string of the molecule is C[C@@H]1C[C@@H](O)c2ncnc(N3CCN(C(=O)[C@H](CN4CCC(N(C)C)CC4)c4ccc(Cl)c(F)c4)CC3)c21. The number of benzene rings is 1. The summed E-state index contributed by atoms with van der Waals surface area (Å²) in [5, 5.41) is 10.4. The van der Waals surface area contributed by atoms with Crippen LogP contribution in [-0.4, -0.2) is 102 Å². The molecule has 8 nitrogen and oxygen atoms in total. The molecule has 38 heavy (non-hydrogen) atoms. The number of amides is 1. The highest BCUT2D eigenvalue weighted by atomic mass is 35.5. The summed E-state index contributed by atoms with van der Waals surface area (Å²) in [5.74, 6) is 0.135. The molecule has 0 spiro atoms. The van der Waals surface area contributed by atoms with E-state index in [0.717, 1.165) is 43.0 Å². The van der Waals surface area contributed by atoms with E-state index in [0.29, 0.717) is 50.7 Å². The second kappa shape index (κ2) is 11.4. The molecule has 2 saturated heterocycles. The Morgan fingerprint density at radius 3 is 2.53 bits per heavy atom. The summed E-state index contributed by atoms with van der Waals surface area (Å²) in [5.41, 5.74) is 2.42. The van der Waals surface area contributed by atoms with Gasteiger partial charge in [-0.05, 0) is 70.1 Å². The van der Waals surface area contributed by atoms with E-state index in [-0.39, 0.29) is 16.8 Å². The highest BCUT2D eigenvalue weighted by Gasteiger charge is 2.36. The lowest BCUT2D eigenvalue weighted by molar-refractivity contribution is -0.133. The summed E-state index contributed by atoms with van der Waals surface area (Å²) in [6.45, 7) is 6.90. The summed E-state index contributed by atoms with van der Waals surface area (Å²) < 4.78 is 14.5. The standard InChI is InChI=1S/C28H38ClFN6O2/c1-18-14-24(37)26-25(18)27(32-17-31-26)35-10-12-36(13-11-35)28(38)21(19-4-5-22(29)23(30)15-19)16-34-8-6-20(7-9-34)33(2)3/h4-5,15,17-18,20-21,24,37H,6-14,16H2,1-3H3/t18-,21-,24-/m1/s1. The Bertz CT molecular complexity index is 1150. The maximum atomic E-state index is 14.5. The van der Waals surface area contributed by atoms with Gasteiger partial charge in [-0.3, -0.25) is 4.79 Å². The normalized spacial score (nSPS) is 23.7. The number of carbonyl (C=O) groups is 1. The first-order valence-electron chi connectivity index (χ1n) is 13.6. The second-order valence-corrected chi connectivity index (χ2v) is 11.6. The number of anilines is 1. The van der Waals surface area contributed by atoms with Crippen molar-refractivity contribution >= 4 is 23.3 Å². The third kappa shape index (κ3) is 5.52. The zero-order valence-corrected chi connectivity index (χ0v) is 23.2. The summed E-state index contributed by atoms with van der Waals surface area (Å²) in [6.07, 6.45) is 3.74. The molecular formula is C28H38ClFN6O2. The second-order valence-electron chi connectivity index (χ2n) is 11.2. The fourth-order valence-electron chi connectivity index (χ4n) is 6.24. The Morgan fingerprint density at radius 1 is 1.16 bits per heavy atom. The fourth-order valence-corrected chi connectivity index (χ4v) is 6.36. The smallest absolute Gasteiger partial charge is 0.231 e. The van der Waals surface area contributed by atoms with Gasteiger partial charge in [-0.25, -0.2) is 14.4 Å². The molecule has 3 heterocycles. The van der Waals surface area contributed by atoms with E-state index in [1.165, 1.54) is 12.4 Å². The molecule has 2 aromatic rings. The van der Waals surface area contributed by atoms with Crippen molar-refractivity contribution in [3.05, 3.63) is 52.2 Å². The monoisotopic (exact) mass is 544 g/mol. The number of nitrogens with zero attached hydrogens (tertiary/aromatic N) is 6. The first-order valence-corrected chi connectivity index (χ1v) is 14.0. The number of carbonyl (C=O) groups excluding carboxylic acids is 1. The van der Waals surface area contributed by atoms with E-state index < -0.39 is 17.8 Å². The predicted octanol–water partition coefficient (Wildman–Crippen LogP) is 3.27. The zero-order chi connectivity index (χ0) is 27.0. The minimum absolute atomic E-state index is 0.0258. The molecule has 1 aliphatic carbocycles. The molecule has 0 saturated carbocycles. The lowest BCUT2D eigenvalue weighted by Crippen LogP contribution is -2.52. The van der Waals surface area contributed by atoms with Crippen LogP contribution in [-0.2, 0) is 4.79 Å². The summed E-state index contributed by atoms with van der Waals surface area (Å²) in [7, 11) is 4.22. The third-order valence-corrected chi connectivity index (χ3v) is 8.85. The number of piperidine rings is 1. The fraction of sp³-hybridized carbons (Fsp3) is 0.607. The van der Waals surface area contributed by atoms with Gasteiger partial charge in [0.05, 0.1) is 22.7 Å². The first kappa shape index (κ1) is 27.2. The Hall–Kier alpha value is -2.33. The molecule has 206 valence electrons. The van der Waals surface area contributed by atoms with E-state index >= 15 is 0 Å². The summed E-state index contributed by atoms with van der Waals surface area (Å²) in [6, 6.07) is 5.31. The van der Waals surface area contributed by atoms with Gasteiger partial charge in [-0.2, -0.15) is 0 Å². The number of likely N-dealkylation sites (tertiary alicyclic amines) is 1. The largest absolute Gasteiger partial charge is 0.387 e. The Labute approximate surface area is 229 Å². The number of halogens is 2. The van der Waals surface area contributed by atoms with E-state index in [4.69, 9.17) is 11.6 Å². The number of fused-ring (bicyclic) bond motifs is 1. The van der Waals surface area contributed by atoms with Gasteiger partial charge in [0.2, 0.25) is 5.91 Å². The number of rotatable bonds is 6. The number of hydrogen-bond acceptors (Lipinski definition) is 7. The summed E-state index contributed by atoms with van der Waals surface area (Å²) in [4.78, 5) is 31.5. The van der Waals surface area contributed by atoms with Crippen LogP contribution < -0.4 is 4.90 Å². The molecule has 5 rings (SSSR count). The Balaban J connectivity index is 1.30. The van der Waals surface area contributed by atoms with Gasteiger partial charge >= 0.3 is 0 Å². The van der Waals surface area contributed by atoms with Crippen LogP contribution in [0.5, 0.6) is 0 Å². The van der Waals surface area contributed by atoms with Crippen molar-refractivity contribution in [2.45, 2.75) is 50.2 Å². The van der Waals surface area contributed by atoms with E-state index in [1.54, 1.807) is 12.1 Å². The molecule has 1 amide bonds. The first-order chi connectivity index (χ1) is 18.2. The van der Waals surface area contributed by atoms with Crippen LogP contribution in [0.3, 0.4) is 0 Å². The number of hydrogen-bond donors (Lipinski definition) is 1. The van der Waals surface area contributed by atoms with Crippen LogP contribution in [0.1, 0.15) is 60.9 Å². The minimum atomic E-state index is -0.548. The molecule has 3 aliphatic rings. The Morgan fingerprint density at radius 2 is 1.87 bits per heavy atom. The van der Waals surface area contributed by atoms with Crippen molar-refractivity contribution in [1.82, 2.24) is 24.7 Å². The molecular weight excluding hydrogens is 507 g/mol. The van der Waals surface area contributed by atoms with E-state index in [2.05, 4.69) is 45.7 Å². The summed E-state index contributed by atoms with van der Waals surface area (Å²) >= 11 is 5.97. The predicted molar refractivity (Wildman–Crippen MR) is 146 cm³/mol. The van der Waals surface area contributed by atoms with Crippen LogP contribution in [0.15, 0.2) is 24.5 Å². The van der Waals surface area contributed by atoms with E-state index in [1.807, 2.05) is 4.90 Å². The van der Waals surface area contributed by atoms with Crippen molar-refractivity contribution in [3.8, 4) is 0 Å². The topological polar surface area (TPSA) is 76.0 Å². The van der Waals surface area contributed by atoms with Crippen LogP contribution in [0.2, 0.25) is 5.02 Å². The maximum absolute atomic E-state index is 14.5. The highest BCUT2D eigenvalue weighted by molar-refractivity contribution is 6.30. The maximum Gasteiger partial charge on any atom is 0.231 e. The number of piperazine rings is 1. The quantitative estimate of drug-likeness (QED) is 0.598. The molecule has 3 atom stereocenters. The zero-order valence-electron chi connectivity index (χ0n) is 22.5. The lowest BCUT2D eigenvalue weighted by Gasteiger charge is -2.40. The lowest BCUT2D eigenvalue weighted by atomic mass is 9.94. The van der Waals surface area contributed by atoms with Gasteiger partial charge < -0.3 is 24.7 Å². The number of aliphatic hydroxyl groups excluding tert-OH is 1. The number of aromatic nitrogens is 2. The molecule has 0 radical (unpaired) electrons. The van der Waals surface area contributed by atoms with Crippen molar-refractivity contribution in [3.63, 3.8) is 0 Å². The van der Waals surface area contributed by atoms with Crippen LogP contribution in [0.25, 0.3) is 0 Å². The molecule has 1 aromatic carbocycles. The van der Waals surface area contributed by atoms with Crippen molar-refractivity contribution in [2.24, 2.45) is 0 Å². The molecule has 1 N–H and O–H groups in total. The van der Waals surface area contributed by atoms with Gasteiger partial charge in [0.1, 0.15) is 18.0 Å². The molecule has 0 bridgehead atoms. The molecule has 10 heteroatoms. The van der Waals surface area contributed by atoms with Crippen LogP contribution in [0, 0.1) is 5.82 Å².